The highest BCUT2D eigenvalue weighted by atomic mass is 32.2. The molecule has 8 nitrogen and oxygen atoms in total. The molecule has 0 spiro atoms. The second-order valence-electron chi connectivity index (χ2n) is 10.5. The Labute approximate surface area is 236 Å². The lowest BCUT2D eigenvalue weighted by atomic mass is 9.95. The maximum Gasteiger partial charge on any atom is 0.310 e. The van der Waals surface area contributed by atoms with Gasteiger partial charge in [-0.25, -0.2) is 4.98 Å². The van der Waals surface area contributed by atoms with E-state index in [2.05, 4.69) is 4.98 Å². The molecule has 3 aromatic carbocycles. The number of carbonyl (C=O) groups is 3. The highest BCUT2D eigenvalue weighted by Crippen LogP contribution is 2.24. The number of fused-ring (bicyclic) bond motifs is 1. The molecule has 0 saturated heterocycles. The van der Waals surface area contributed by atoms with Crippen LogP contribution in [-0.2, 0) is 28.8 Å². The van der Waals surface area contributed by atoms with Crippen molar-refractivity contribution in [3.63, 3.8) is 0 Å². The number of nitrogens with two attached hydrogens (primary N) is 1. The fourth-order valence-corrected chi connectivity index (χ4v) is 5.22. The average molecular weight is 558 g/mol. The molecule has 0 saturated carbocycles. The summed E-state index contributed by atoms with van der Waals surface area (Å²) in [4.78, 5) is 55.2. The third kappa shape index (κ3) is 6.48. The van der Waals surface area contributed by atoms with Crippen molar-refractivity contribution in [2.24, 2.45) is 12.8 Å². The monoisotopic (exact) mass is 557 g/mol. The van der Waals surface area contributed by atoms with Crippen LogP contribution in [0.3, 0.4) is 0 Å². The molecule has 4 rings (SSSR count). The number of rotatable bonds is 8. The summed E-state index contributed by atoms with van der Waals surface area (Å²) >= 11 is 1.43. The summed E-state index contributed by atoms with van der Waals surface area (Å²) in [5.74, 6) is -1.01. The fourth-order valence-electron chi connectivity index (χ4n) is 4.29. The van der Waals surface area contributed by atoms with Crippen molar-refractivity contribution in [2.45, 2.75) is 50.6 Å². The Kier molecular flexibility index (Phi) is 8.25. The molecule has 4 aromatic rings. The number of nitrogens with zero attached hydrogens (tertiary/aromatic N) is 2. The van der Waals surface area contributed by atoms with Crippen LogP contribution in [0, 0.1) is 6.92 Å². The average Bonchev–Trinajstić information content (AvgIpc) is 2.88. The molecule has 1 aromatic heterocycles. The normalized spacial score (nSPS) is 11.4. The number of hydrogen-bond donors (Lipinski definition) is 1. The molecule has 0 bridgehead atoms. The first-order chi connectivity index (χ1) is 18.8. The number of hydrogen-bond acceptors (Lipinski definition) is 7. The molecule has 0 radical (unpaired) electrons. The largest absolute Gasteiger partial charge is 0.460 e. The summed E-state index contributed by atoms with van der Waals surface area (Å²) in [6.45, 7) is 7.21. The summed E-state index contributed by atoms with van der Waals surface area (Å²) in [6.07, 6.45) is -0.0460. The molecule has 206 valence electrons. The maximum absolute atomic E-state index is 13.3. The lowest BCUT2D eigenvalue weighted by Gasteiger charge is -2.19. The van der Waals surface area contributed by atoms with E-state index in [0.717, 1.165) is 11.1 Å². The van der Waals surface area contributed by atoms with Crippen molar-refractivity contribution in [2.75, 3.05) is 0 Å². The minimum Gasteiger partial charge on any atom is -0.460 e. The first-order valence-corrected chi connectivity index (χ1v) is 13.7. The molecule has 2 N–H and O–H groups in total. The van der Waals surface area contributed by atoms with E-state index < -0.39 is 17.5 Å². The lowest BCUT2D eigenvalue weighted by Crippen LogP contribution is -2.25. The molecule has 0 aliphatic rings. The van der Waals surface area contributed by atoms with Crippen molar-refractivity contribution in [3.8, 4) is 0 Å². The molecule has 0 atom stereocenters. The Morgan fingerprint density at radius 1 is 0.975 bits per heavy atom. The standard InChI is InChI=1S/C31H31N3O5S/c1-18-7-6-8-24-26(18)29(38)34(5)30(33-24)40-17-19-9-12-21(13-10-19)27(36)22-14-11-20(15-23(22)28(32)37)16-25(35)39-31(2,3)4/h6-15H,16-17H2,1-5H3,(H2,32,37). The van der Waals surface area contributed by atoms with Gasteiger partial charge in [0.15, 0.2) is 10.9 Å². The van der Waals surface area contributed by atoms with Gasteiger partial charge in [-0.15, -0.1) is 0 Å². The zero-order chi connectivity index (χ0) is 29.2. The number of ketones is 1. The molecule has 9 heteroatoms. The van der Waals surface area contributed by atoms with Gasteiger partial charge in [0.25, 0.3) is 5.56 Å². The summed E-state index contributed by atoms with van der Waals surface area (Å²) in [7, 11) is 1.71. The van der Waals surface area contributed by atoms with E-state index in [0.29, 0.717) is 32.9 Å². The number of esters is 1. The number of aromatic nitrogens is 2. The van der Waals surface area contributed by atoms with E-state index in [1.807, 2.05) is 37.3 Å². The topological polar surface area (TPSA) is 121 Å². The van der Waals surface area contributed by atoms with Crippen molar-refractivity contribution < 1.29 is 19.1 Å². The van der Waals surface area contributed by atoms with Crippen LogP contribution in [0.15, 0.2) is 70.6 Å². The number of ether oxygens (including phenoxy) is 1. The summed E-state index contributed by atoms with van der Waals surface area (Å²) in [5, 5.41) is 1.21. The number of aryl methyl sites for hydroxylation is 1. The van der Waals surface area contributed by atoms with Gasteiger partial charge in [-0.1, -0.05) is 54.2 Å². The first kappa shape index (κ1) is 28.8. The van der Waals surface area contributed by atoms with Gasteiger partial charge in [0.2, 0.25) is 5.91 Å². The van der Waals surface area contributed by atoms with Gasteiger partial charge >= 0.3 is 5.97 Å². The van der Waals surface area contributed by atoms with E-state index in [4.69, 9.17) is 10.5 Å². The van der Waals surface area contributed by atoms with Gasteiger partial charge in [-0.2, -0.15) is 0 Å². The number of thioether (sulfide) groups is 1. The zero-order valence-corrected chi connectivity index (χ0v) is 23.9. The molecular formula is C31H31N3O5S. The van der Waals surface area contributed by atoms with Gasteiger partial charge in [0, 0.05) is 23.9 Å². The van der Waals surface area contributed by atoms with Crippen molar-refractivity contribution in [3.05, 3.63) is 104 Å². The second-order valence-corrected chi connectivity index (χ2v) is 11.5. The Morgan fingerprint density at radius 2 is 1.65 bits per heavy atom. The molecule has 0 unspecified atom stereocenters. The third-order valence-electron chi connectivity index (χ3n) is 6.22. The molecule has 1 amide bonds. The number of primary amides is 1. The van der Waals surface area contributed by atoms with Gasteiger partial charge in [0.05, 0.1) is 22.9 Å². The minimum atomic E-state index is -0.758. The van der Waals surface area contributed by atoms with Crippen LogP contribution >= 0.6 is 11.8 Å². The second kappa shape index (κ2) is 11.5. The van der Waals surface area contributed by atoms with Crippen LogP contribution in [0.25, 0.3) is 10.9 Å². The predicted molar refractivity (Wildman–Crippen MR) is 156 cm³/mol. The van der Waals surface area contributed by atoms with Crippen LogP contribution in [-0.4, -0.2) is 32.8 Å². The molecule has 0 aliphatic carbocycles. The van der Waals surface area contributed by atoms with Gasteiger partial charge in [-0.05, 0) is 62.6 Å². The molecular weight excluding hydrogens is 526 g/mol. The quantitative estimate of drug-likeness (QED) is 0.144. The zero-order valence-electron chi connectivity index (χ0n) is 23.1. The predicted octanol–water partition coefficient (Wildman–Crippen LogP) is 4.75. The van der Waals surface area contributed by atoms with Gasteiger partial charge < -0.3 is 10.5 Å². The Bertz CT molecular complexity index is 1680. The summed E-state index contributed by atoms with van der Waals surface area (Å²) in [6, 6.07) is 17.2. The molecule has 0 aliphatic heterocycles. The van der Waals surface area contributed by atoms with E-state index in [9.17, 15) is 19.2 Å². The first-order valence-electron chi connectivity index (χ1n) is 12.7. The lowest BCUT2D eigenvalue weighted by molar-refractivity contribution is -0.153. The summed E-state index contributed by atoms with van der Waals surface area (Å²) < 4.78 is 6.89. The third-order valence-corrected chi connectivity index (χ3v) is 7.32. The minimum absolute atomic E-state index is 0.0456. The van der Waals surface area contributed by atoms with E-state index in [1.165, 1.54) is 23.9 Å². The number of carbonyl (C=O) groups excluding carboxylic acids is 3. The van der Waals surface area contributed by atoms with Crippen LogP contribution in [0.5, 0.6) is 0 Å². The van der Waals surface area contributed by atoms with E-state index >= 15 is 0 Å². The van der Waals surface area contributed by atoms with Crippen molar-refractivity contribution >= 4 is 40.3 Å². The van der Waals surface area contributed by atoms with Gasteiger partial charge in [0.1, 0.15) is 5.60 Å². The summed E-state index contributed by atoms with van der Waals surface area (Å²) in [5.41, 5.74) is 8.46. The highest BCUT2D eigenvalue weighted by Gasteiger charge is 2.21. The SMILES string of the molecule is Cc1cccc2nc(SCc3ccc(C(=O)c4ccc(CC(=O)OC(C)(C)C)cc4C(N)=O)cc3)n(C)c(=O)c12. The number of amides is 1. The van der Waals surface area contributed by atoms with Crippen LogP contribution < -0.4 is 11.3 Å². The number of benzene rings is 3. The Balaban J connectivity index is 1.50. The molecule has 0 fully saturated rings. The van der Waals surface area contributed by atoms with Crippen LogP contribution in [0.2, 0.25) is 0 Å². The van der Waals surface area contributed by atoms with E-state index in [1.54, 1.807) is 50.6 Å². The van der Waals surface area contributed by atoms with Crippen molar-refractivity contribution in [1.82, 2.24) is 9.55 Å². The Hall–Kier alpha value is -4.24. The highest BCUT2D eigenvalue weighted by molar-refractivity contribution is 7.98. The smallest absolute Gasteiger partial charge is 0.310 e. The Morgan fingerprint density at radius 3 is 2.30 bits per heavy atom. The van der Waals surface area contributed by atoms with Crippen LogP contribution in [0.4, 0.5) is 0 Å². The van der Waals surface area contributed by atoms with Gasteiger partial charge in [-0.3, -0.25) is 23.7 Å². The van der Waals surface area contributed by atoms with Crippen molar-refractivity contribution in [1.29, 1.82) is 0 Å². The van der Waals surface area contributed by atoms with Crippen LogP contribution in [0.1, 0.15) is 63.7 Å². The molecule has 1 heterocycles. The maximum atomic E-state index is 13.3. The fraction of sp³-hybridized carbons (Fsp3) is 0.258. The molecule has 40 heavy (non-hydrogen) atoms. The van der Waals surface area contributed by atoms with E-state index in [-0.39, 0.29) is 28.9 Å².